The van der Waals surface area contributed by atoms with E-state index in [9.17, 15) is 0 Å². The number of hydrogen-bond donors (Lipinski definition) is 1. The Morgan fingerprint density at radius 2 is 2.10 bits per heavy atom. The average Bonchev–Trinajstić information content (AvgIpc) is 2.49. The smallest absolute Gasteiger partial charge is 0.128 e. The van der Waals surface area contributed by atoms with E-state index in [1.165, 1.54) is 0 Å². The summed E-state index contributed by atoms with van der Waals surface area (Å²) in [6.45, 7) is 0. The Labute approximate surface area is 137 Å². The van der Waals surface area contributed by atoms with Crippen molar-refractivity contribution in [3.8, 4) is 11.5 Å². The molecule has 2 aromatic rings. The lowest BCUT2D eigenvalue weighted by molar-refractivity contribution is 0.161. The van der Waals surface area contributed by atoms with Crippen molar-refractivity contribution in [1.82, 2.24) is 0 Å². The Bertz CT molecular complexity index is 677. The Kier molecular flexibility index (Phi) is 4.11. The van der Waals surface area contributed by atoms with E-state index in [2.05, 4.69) is 15.9 Å². The van der Waals surface area contributed by atoms with Gasteiger partial charge in [-0.05, 0) is 39.7 Å². The average molecular weight is 369 g/mol. The van der Waals surface area contributed by atoms with Crippen LogP contribution in [-0.2, 0) is 0 Å². The number of fused-ring (bicyclic) bond motifs is 1. The number of rotatable bonds is 2. The lowest BCUT2D eigenvalue weighted by Crippen LogP contribution is -2.24. The predicted octanol–water partition coefficient (Wildman–Crippen LogP) is 4.63. The molecule has 1 aliphatic rings. The normalized spacial score (nSPS) is 20.6. The van der Waals surface area contributed by atoms with Crippen LogP contribution in [0.15, 0.2) is 40.9 Å². The molecule has 5 heteroatoms. The van der Waals surface area contributed by atoms with E-state index in [0.717, 1.165) is 33.5 Å². The molecule has 0 saturated heterocycles. The molecule has 0 amide bonds. The van der Waals surface area contributed by atoms with Crippen molar-refractivity contribution >= 4 is 27.5 Å². The second kappa shape index (κ2) is 5.87. The minimum atomic E-state index is -0.0897. The van der Waals surface area contributed by atoms with Crippen LogP contribution < -0.4 is 15.2 Å². The zero-order chi connectivity index (χ0) is 15.0. The molecule has 0 bridgehead atoms. The van der Waals surface area contributed by atoms with Gasteiger partial charge in [0, 0.05) is 28.6 Å². The summed E-state index contributed by atoms with van der Waals surface area (Å²) in [5.41, 5.74) is 8.34. The summed E-state index contributed by atoms with van der Waals surface area (Å²) in [6.07, 6.45) is 0.640. The fourth-order valence-corrected chi connectivity index (χ4v) is 3.04. The topological polar surface area (TPSA) is 44.5 Å². The summed E-state index contributed by atoms with van der Waals surface area (Å²) in [4.78, 5) is 0. The molecular weight excluding hydrogens is 354 g/mol. The van der Waals surface area contributed by atoms with Crippen LogP contribution in [0, 0.1) is 0 Å². The molecule has 1 aliphatic heterocycles. The second-order valence-electron chi connectivity index (χ2n) is 5.03. The summed E-state index contributed by atoms with van der Waals surface area (Å²) < 4.78 is 12.2. The van der Waals surface area contributed by atoms with Crippen LogP contribution >= 0.6 is 27.5 Å². The quantitative estimate of drug-likeness (QED) is 0.840. The van der Waals surface area contributed by atoms with E-state index in [4.69, 9.17) is 26.8 Å². The molecule has 1 heterocycles. The fraction of sp³-hybridized carbons (Fsp3) is 0.250. The first-order chi connectivity index (χ1) is 10.1. The third kappa shape index (κ3) is 2.89. The lowest BCUT2D eigenvalue weighted by atomic mass is 9.93. The maximum absolute atomic E-state index is 6.27. The molecule has 2 atom stereocenters. The Hall–Kier alpha value is -1.23. The zero-order valence-corrected chi connectivity index (χ0v) is 13.8. The van der Waals surface area contributed by atoms with Crippen molar-refractivity contribution in [3.05, 3.63) is 57.0 Å². The molecule has 0 saturated carbocycles. The molecule has 2 N–H and O–H groups in total. The first-order valence-electron chi connectivity index (χ1n) is 6.63. The fourth-order valence-electron chi connectivity index (χ4n) is 2.53. The van der Waals surface area contributed by atoms with Crippen LogP contribution in [-0.4, -0.2) is 7.11 Å². The number of nitrogens with two attached hydrogens (primary N) is 1. The maximum atomic E-state index is 6.27. The van der Waals surface area contributed by atoms with Crippen molar-refractivity contribution < 1.29 is 9.47 Å². The molecule has 110 valence electrons. The minimum absolute atomic E-state index is 0.0564. The third-order valence-corrected chi connectivity index (χ3v) is 4.89. The first kappa shape index (κ1) is 14.7. The highest BCUT2D eigenvalue weighted by Gasteiger charge is 2.27. The van der Waals surface area contributed by atoms with E-state index >= 15 is 0 Å². The van der Waals surface area contributed by atoms with Gasteiger partial charge in [-0.15, -0.1) is 0 Å². The zero-order valence-electron chi connectivity index (χ0n) is 11.5. The highest BCUT2D eigenvalue weighted by molar-refractivity contribution is 9.10. The van der Waals surface area contributed by atoms with Gasteiger partial charge in [0.1, 0.15) is 17.6 Å². The van der Waals surface area contributed by atoms with Crippen LogP contribution in [0.3, 0.4) is 0 Å². The molecule has 0 fully saturated rings. The number of methoxy groups -OCH3 is 1. The van der Waals surface area contributed by atoms with Gasteiger partial charge in [-0.3, -0.25) is 0 Å². The highest BCUT2D eigenvalue weighted by atomic mass is 79.9. The molecule has 0 spiro atoms. The monoisotopic (exact) mass is 367 g/mol. The summed E-state index contributed by atoms with van der Waals surface area (Å²) in [5, 5.41) is 0.681. The van der Waals surface area contributed by atoms with E-state index < -0.39 is 0 Å². The first-order valence-corrected chi connectivity index (χ1v) is 7.80. The summed E-state index contributed by atoms with van der Waals surface area (Å²) in [7, 11) is 1.64. The van der Waals surface area contributed by atoms with E-state index in [1.807, 2.05) is 36.4 Å². The van der Waals surface area contributed by atoms with Crippen LogP contribution in [0.4, 0.5) is 0 Å². The molecule has 2 aromatic carbocycles. The Balaban J connectivity index is 1.94. The number of benzene rings is 2. The molecule has 21 heavy (non-hydrogen) atoms. The number of hydrogen-bond acceptors (Lipinski definition) is 3. The molecule has 0 aliphatic carbocycles. The van der Waals surface area contributed by atoms with Crippen molar-refractivity contribution in [2.24, 2.45) is 5.73 Å². The summed E-state index contributed by atoms with van der Waals surface area (Å²) in [6, 6.07) is 11.5. The van der Waals surface area contributed by atoms with Gasteiger partial charge in [0.25, 0.3) is 0 Å². The summed E-state index contributed by atoms with van der Waals surface area (Å²) in [5.74, 6) is 1.54. The molecule has 1 unspecified atom stereocenters. The van der Waals surface area contributed by atoms with Crippen LogP contribution in [0.2, 0.25) is 5.02 Å². The number of halogens is 2. The maximum Gasteiger partial charge on any atom is 0.128 e. The largest absolute Gasteiger partial charge is 0.497 e. The van der Waals surface area contributed by atoms with Gasteiger partial charge >= 0.3 is 0 Å². The van der Waals surface area contributed by atoms with Gasteiger partial charge in [-0.25, -0.2) is 0 Å². The standard InChI is InChI=1S/C16H15BrClNO2/c1-20-10-3-4-11-14(19)8-15(21-16(11)7-10)9-2-5-13(18)12(17)6-9/h2-7,14-15H,8,19H2,1H3/t14-,15?/m1/s1. The number of ether oxygens (including phenoxy) is 2. The molecule has 3 nitrogen and oxygen atoms in total. The second-order valence-corrected chi connectivity index (χ2v) is 6.29. The SMILES string of the molecule is COc1ccc2c(c1)OC(c1ccc(Cl)c(Br)c1)C[C@H]2N. The van der Waals surface area contributed by atoms with E-state index in [0.29, 0.717) is 5.02 Å². The van der Waals surface area contributed by atoms with Gasteiger partial charge in [0.05, 0.1) is 12.1 Å². The van der Waals surface area contributed by atoms with Crippen LogP contribution in [0.5, 0.6) is 11.5 Å². The summed E-state index contributed by atoms with van der Waals surface area (Å²) >= 11 is 9.48. The van der Waals surface area contributed by atoms with Gasteiger partial charge in [-0.1, -0.05) is 23.7 Å². The van der Waals surface area contributed by atoms with Gasteiger partial charge in [0.15, 0.2) is 0 Å². The Morgan fingerprint density at radius 3 is 2.81 bits per heavy atom. The molecular formula is C16H15BrClNO2. The third-order valence-electron chi connectivity index (χ3n) is 3.67. The molecule has 3 rings (SSSR count). The van der Waals surface area contributed by atoms with Crippen molar-refractivity contribution in [3.63, 3.8) is 0 Å². The highest BCUT2D eigenvalue weighted by Crippen LogP contribution is 2.42. The lowest BCUT2D eigenvalue weighted by Gasteiger charge is -2.31. The van der Waals surface area contributed by atoms with Gasteiger partial charge < -0.3 is 15.2 Å². The predicted molar refractivity (Wildman–Crippen MR) is 87.1 cm³/mol. The van der Waals surface area contributed by atoms with Crippen LogP contribution in [0.1, 0.15) is 29.7 Å². The van der Waals surface area contributed by atoms with E-state index in [1.54, 1.807) is 7.11 Å². The minimum Gasteiger partial charge on any atom is -0.497 e. The van der Waals surface area contributed by atoms with Crippen molar-refractivity contribution in [1.29, 1.82) is 0 Å². The van der Waals surface area contributed by atoms with Crippen molar-refractivity contribution in [2.45, 2.75) is 18.6 Å². The molecule has 0 aromatic heterocycles. The van der Waals surface area contributed by atoms with Crippen molar-refractivity contribution in [2.75, 3.05) is 7.11 Å². The van der Waals surface area contributed by atoms with Gasteiger partial charge in [0.2, 0.25) is 0 Å². The van der Waals surface area contributed by atoms with Gasteiger partial charge in [-0.2, -0.15) is 0 Å². The van der Waals surface area contributed by atoms with E-state index in [-0.39, 0.29) is 12.1 Å². The van der Waals surface area contributed by atoms with Crippen LogP contribution in [0.25, 0.3) is 0 Å². The molecule has 0 radical (unpaired) electrons. The Morgan fingerprint density at radius 1 is 1.29 bits per heavy atom.